The predicted molar refractivity (Wildman–Crippen MR) is 49.9 cm³/mol. The zero-order valence-corrected chi connectivity index (χ0v) is 7.57. The first-order valence-corrected chi connectivity index (χ1v) is 4.28. The van der Waals surface area contributed by atoms with Crippen molar-refractivity contribution in [3.05, 3.63) is 35.6 Å². The monoisotopic (exact) mass is 183 g/mol. The molecule has 0 aliphatic heterocycles. The van der Waals surface area contributed by atoms with Crippen LogP contribution in [0.25, 0.3) is 0 Å². The van der Waals surface area contributed by atoms with Gasteiger partial charge in [-0.15, -0.1) is 0 Å². The van der Waals surface area contributed by atoms with E-state index in [4.69, 9.17) is 5.73 Å². The third kappa shape index (κ3) is 2.50. The van der Waals surface area contributed by atoms with Gasteiger partial charge < -0.3 is 10.8 Å². The Labute approximate surface area is 77.2 Å². The lowest BCUT2D eigenvalue weighted by Gasteiger charge is -2.17. The molecular formula is C10H14FNO. The fourth-order valence-electron chi connectivity index (χ4n) is 1.35. The number of aliphatic hydroxyl groups is 1. The molecular weight excluding hydrogens is 169 g/mol. The SMILES string of the molecule is CC(O)C(CN)c1cccc(F)c1. The van der Waals surface area contributed by atoms with Crippen molar-refractivity contribution in [2.75, 3.05) is 6.54 Å². The van der Waals surface area contributed by atoms with Crippen molar-refractivity contribution in [3.8, 4) is 0 Å². The minimum absolute atomic E-state index is 0.185. The van der Waals surface area contributed by atoms with Crippen molar-refractivity contribution in [3.63, 3.8) is 0 Å². The maximum atomic E-state index is 12.8. The van der Waals surface area contributed by atoms with Crippen LogP contribution in [-0.2, 0) is 0 Å². The number of nitrogens with two attached hydrogens (primary N) is 1. The summed E-state index contributed by atoms with van der Waals surface area (Å²) in [5.74, 6) is -0.479. The standard InChI is InChI=1S/C10H14FNO/c1-7(13)10(6-12)8-3-2-4-9(11)5-8/h2-5,7,10,13H,6,12H2,1H3. The molecule has 0 heterocycles. The largest absolute Gasteiger partial charge is 0.393 e. The predicted octanol–water partition coefficient (Wildman–Crippen LogP) is 1.25. The zero-order chi connectivity index (χ0) is 9.84. The molecule has 0 bridgehead atoms. The molecule has 2 unspecified atom stereocenters. The summed E-state index contributed by atoms with van der Waals surface area (Å²) >= 11 is 0. The third-order valence-corrected chi connectivity index (χ3v) is 2.11. The fraction of sp³-hybridized carbons (Fsp3) is 0.400. The van der Waals surface area contributed by atoms with Crippen LogP contribution in [0.4, 0.5) is 4.39 Å². The molecule has 1 rings (SSSR count). The summed E-state index contributed by atoms with van der Waals surface area (Å²) in [5.41, 5.74) is 6.22. The number of aliphatic hydroxyl groups excluding tert-OH is 1. The van der Waals surface area contributed by atoms with Crippen LogP contribution in [0.3, 0.4) is 0 Å². The molecule has 2 atom stereocenters. The van der Waals surface area contributed by atoms with E-state index in [-0.39, 0.29) is 11.7 Å². The summed E-state index contributed by atoms with van der Waals surface area (Å²) in [5, 5.41) is 9.35. The van der Waals surface area contributed by atoms with Crippen molar-refractivity contribution in [2.24, 2.45) is 5.73 Å². The van der Waals surface area contributed by atoms with Crippen LogP contribution in [0, 0.1) is 5.82 Å². The molecule has 13 heavy (non-hydrogen) atoms. The number of hydrogen-bond donors (Lipinski definition) is 2. The summed E-state index contributed by atoms with van der Waals surface area (Å²) < 4.78 is 12.8. The highest BCUT2D eigenvalue weighted by Gasteiger charge is 2.15. The Balaban J connectivity index is 2.91. The molecule has 72 valence electrons. The minimum Gasteiger partial charge on any atom is -0.393 e. The van der Waals surface area contributed by atoms with Gasteiger partial charge in [-0.05, 0) is 24.6 Å². The smallest absolute Gasteiger partial charge is 0.123 e. The maximum Gasteiger partial charge on any atom is 0.123 e. The third-order valence-electron chi connectivity index (χ3n) is 2.11. The first-order chi connectivity index (χ1) is 6.15. The van der Waals surface area contributed by atoms with Crippen LogP contribution in [0.15, 0.2) is 24.3 Å². The van der Waals surface area contributed by atoms with Crippen molar-refractivity contribution in [1.82, 2.24) is 0 Å². The average molecular weight is 183 g/mol. The van der Waals surface area contributed by atoms with E-state index < -0.39 is 6.10 Å². The quantitative estimate of drug-likeness (QED) is 0.740. The van der Waals surface area contributed by atoms with E-state index in [1.807, 2.05) is 0 Å². The second-order valence-corrected chi connectivity index (χ2v) is 3.14. The van der Waals surface area contributed by atoms with Gasteiger partial charge in [0.05, 0.1) is 6.10 Å². The Morgan fingerprint density at radius 2 is 2.23 bits per heavy atom. The highest BCUT2D eigenvalue weighted by molar-refractivity contribution is 5.21. The van der Waals surface area contributed by atoms with Gasteiger partial charge in [0.25, 0.3) is 0 Å². The van der Waals surface area contributed by atoms with Gasteiger partial charge in [0.1, 0.15) is 5.82 Å². The van der Waals surface area contributed by atoms with Gasteiger partial charge in [-0.3, -0.25) is 0 Å². The highest BCUT2D eigenvalue weighted by atomic mass is 19.1. The van der Waals surface area contributed by atoms with E-state index in [0.717, 1.165) is 5.56 Å². The summed E-state index contributed by atoms with van der Waals surface area (Å²) in [7, 11) is 0. The summed E-state index contributed by atoms with van der Waals surface area (Å²) in [6, 6.07) is 6.17. The summed E-state index contributed by atoms with van der Waals surface area (Å²) in [6.45, 7) is 1.98. The molecule has 0 spiro atoms. The van der Waals surface area contributed by atoms with E-state index in [9.17, 15) is 9.50 Å². The first-order valence-electron chi connectivity index (χ1n) is 4.28. The molecule has 0 saturated carbocycles. The molecule has 0 amide bonds. The van der Waals surface area contributed by atoms with Gasteiger partial charge in [-0.25, -0.2) is 4.39 Å². The van der Waals surface area contributed by atoms with E-state index in [1.165, 1.54) is 12.1 Å². The van der Waals surface area contributed by atoms with E-state index in [1.54, 1.807) is 19.1 Å². The normalized spacial score (nSPS) is 15.4. The number of rotatable bonds is 3. The van der Waals surface area contributed by atoms with E-state index in [0.29, 0.717) is 6.54 Å². The van der Waals surface area contributed by atoms with E-state index >= 15 is 0 Å². The molecule has 3 N–H and O–H groups in total. The van der Waals surface area contributed by atoms with Crippen LogP contribution >= 0.6 is 0 Å². The van der Waals surface area contributed by atoms with Crippen LogP contribution < -0.4 is 5.73 Å². The summed E-state index contributed by atoms with van der Waals surface area (Å²) in [4.78, 5) is 0. The molecule has 3 heteroatoms. The molecule has 0 aliphatic rings. The Hall–Kier alpha value is -0.930. The molecule has 2 nitrogen and oxygen atoms in total. The second-order valence-electron chi connectivity index (χ2n) is 3.14. The molecule has 0 fully saturated rings. The molecule has 0 saturated heterocycles. The average Bonchev–Trinajstić information content (AvgIpc) is 2.04. The molecule has 1 aromatic rings. The number of halogens is 1. The lowest BCUT2D eigenvalue weighted by Crippen LogP contribution is -2.23. The second kappa shape index (κ2) is 4.35. The maximum absolute atomic E-state index is 12.8. The molecule has 0 radical (unpaired) electrons. The topological polar surface area (TPSA) is 46.2 Å². The lowest BCUT2D eigenvalue weighted by atomic mass is 9.94. The minimum atomic E-state index is -0.549. The van der Waals surface area contributed by atoms with Gasteiger partial charge in [-0.2, -0.15) is 0 Å². The van der Waals surface area contributed by atoms with Crippen molar-refractivity contribution < 1.29 is 9.50 Å². The highest BCUT2D eigenvalue weighted by Crippen LogP contribution is 2.18. The molecule has 0 aromatic heterocycles. The first kappa shape index (κ1) is 10.2. The Bertz CT molecular complexity index is 275. The lowest BCUT2D eigenvalue weighted by molar-refractivity contribution is 0.164. The van der Waals surface area contributed by atoms with Crippen LogP contribution in [0.5, 0.6) is 0 Å². The van der Waals surface area contributed by atoms with Crippen molar-refractivity contribution in [2.45, 2.75) is 18.9 Å². The van der Waals surface area contributed by atoms with Crippen molar-refractivity contribution in [1.29, 1.82) is 0 Å². The van der Waals surface area contributed by atoms with Gasteiger partial charge >= 0.3 is 0 Å². The zero-order valence-electron chi connectivity index (χ0n) is 7.57. The Morgan fingerprint density at radius 3 is 2.69 bits per heavy atom. The Kier molecular flexibility index (Phi) is 3.39. The van der Waals surface area contributed by atoms with Gasteiger partial charge in [-0.1, -0.05) is 12.1 Å². The van der Waals surface area contributed by atoms with Crippen LogP contribution in [-0.4, -0.2) is 17.8 Å². The number of hydrogen-bond acceptors (Lipinski definition) is 2. The summed E-state index contributed by atoms with van der Waals surface area (Å²) in [6.07, 6.45) is -0.549. The number of benzene rings is 1. The van der Waals surface area contributed by atoms with Gasteiger partial charge in [0.2, 0.25) is 0 Å². The van der Waals surface area contributed by atoms with Crippen molar-refractivity contribution >= 4 is 0 Å². The van der Waals surface area contributed by atoms with E-state index in [2.05, 4.69) is 0 Å². The Morgan fingerprint density at radius 1 is 1.54 bits per heavy atom. The van der Waals surface area contributed by atoms with Crippen LogP contribution in [0.1, 0.15) is 18.4 Å². The van der Waals surface area contributed by atoms with Gasteiger partial charge in [0.15, 0.2) is 0 Å². The fourth-order valence-corrected chi connectivity index (χ4v) is 1.35. The molecule has 0 aliphatic carbocycles. The van der Waals surface area contributed by atoms with Gasteiger partial charge in [0, 0.05) is 12.5 Å². The molecule has 1 aromatic carbocycles. The van der Waals surface area contributed by atoms with Crippen LogP contribution in [0.2, 0.25) is 0 Å².